The van der Waals surface area contributed by atoms with Gasteiger partial charge in [0.1, 0.15) is 17.4 Å². The molecule has 7 nitrogen and oxygen atoms in total. The summed E-state index contributed by atoms with van der Waals surface area (Å²) in [5.74, 6) is 0.265. The van der Waals surface area contributed by atoms with Crippen molar-refractivity contribution in [1.82, 2.24) is 4.90 Å². The Morgan fingerprint density at radius 1 is 1.36 bits per heavy atom. The first-order chi connectivity index (χ1) is 11.6. The van der Waals surface area contributed by atoms with Crippen LogP contribution in [0.5, 0.6) is 5.75 Å². The van der Waals surface area contributed by atoms with Gasteiger partial charge in [-0.1, -0.05) is 12.2 Å². The van der Waals surface area contributed by atoms with E-state index in [1.165, 1.54) is 12.0 Å². The number of nitrogens with two attached hydrogens (primary N) is 1. The second-order valence-corrected chi connectivity index (χ2v) is 7.02. The number of ether oxygens (including phenoxy) is 2. The standard InChI is InChI=1S/C18H25N3O4/c1-11-8-15(21(10-11)17(23)25-18(2,3)4)16(22)20-14-7-6-12(24-5)9-13(14)19/h6-7,9,15H,1,8,10,19H2,2-5H3,(H,20,22)/t15-/m0/s1. The fraction of sp³-hybridized carbons (Fsp3) is 0.444. The summed E-state index contributed by atoms with van der Waals surface area (Å²) >= 11 is 0. The molecule has 1 heterocycles. The SMILES string of the molecule is C=C1C[C@@H](C(=O)Nc2ccc(OC)cc2N)N(C(=O)OC(C)(C)C)C1. The van der Waals surface area contributed by atoms with Crippen LogP contribution in [0.1, 0.15) is 27.2 Å². The summed E-state index contributed by atoms with van der Waals surface area (Å²) in [6, 6.07) is 4.30. The first-order valence-corrected chi connectivity index (χ1v) is 8.01. The van der Waals surface area contributed by atoms with Crippen molar-refractivity contribution >= 4 is 23.4 Å². The molecule has 1 aromatic rings. The van der Waals surface area contributed by atoms with Gasteiger partial charge in [0.2, 0.25) is 5.91 Å². The number of nitrogen functional groups attached to an aromatic ring is 1. The average Bonchev–Trinajstić information content (AvgIpc) is 2.90. The van der Waals surface area contributed by atoms with Gasteiger partial charge >= 0.3 is 6.09 Å². The number of carbonyl (C=O) groups excluding carboxylic acids is 2. The number of nitrogens with zero attached hydrogens (tertiary/aromatic N) is 1. The molecule has 136 valence electrons. The summed E-state index contributed by atoms with van der Waals surface area (Å²) < 4.78 is 10.5. The van der Waals surface area contributed by atoms with Crippen LogP contribution in [0.3, 0.4) is 0 Å². The third kappa shape index (κ3) is 4.65. The average molecular weight is 347 g/mol. The molecule has 1 aromatic carbocycles. The van der Waals surface area contributed by atoms with Crippen LogP contribution >= 0.6 is 0 Å². The Kier molecular flexibility index (Phi) is 5.25. The number of amides is 2. The number of nitrogens with one attached hydrogen (secondary N) is 1. The fourth-order valence-corrected chi connectivity index (χ4v) is 2.54. The highest BCUT2D eigenvalue weighted by atomic mass is 16.6. The second-order valence-electron chi connectivity index (χ2n) is 7.02. The van der Waals surface area contributed by atoms with E-state index in [1.807, 2.05) is 0 Å². The molecule has 3 N–H and O–H groups in total. The molecule has 2 rings (SSSR count). The molecule has 1 aliphatic heterocycles. The summed E-state index contributed by atoms with van der Waals surface area (Å²) in [6.07, 6.45) is -0.143. The Balaban J connectivity index is 2.13. The number of likely N-dealkylation sites (tertiary alicyclic amines) is 1. The van der Waals surface area contributed by atoms with E-state index in [9.17, 15) is 9.59 Å². The van der Waals surface area contributed by atoms with Crippen LogP contribution in [-0.4, -0.2) is 42.2 Å². The number of benzene rings is 1. The molecule has 2 amide bonds. The van der Waals surface area contributed by atoms with E-state index in [2.05, 4.69) is 11.9 Å². The monoisotopic (exact) mass is 347 g/mol. The third-order valence-corrected chi connectivity index (χ3v) is 3.70. The van der Waals surface area contributed by atoms with E-state index in [4.69, 9.17) is 15.2 Å². The zero-order valence-electron chi connectivity index (χ0n) is 15.1. The molecule has 7 heteroatoms. The summed E-state index contributed by atoms with van der Waals surface area (Å²) in [4.78, 5) is 26.4. The molecule has 0 saturated carbocycles. The summed E-state index contributed by atoms with van der Waals surface area (Å²) in [6.45, 7) is 9.53. The molecule has 1 aliphatic rings. The molecule has 1 saturated heterocycles. The quantitative estimate of drug-likeness (QED) is 0.648. The number of anilines is 2. The van der Waals surface area contributed by atoms with Crippen LogP contribution in [0.15, 0.2) is 30.4 Å². The van der Waals surface area contributed by atoms with Crippen LogP contribution in [0.2, 0.25) is 0 Å². The molecule has 0 bridgehead atoms. The van der Waals surface area contributed by atoms with E-state index in [0.717, 1.165) is 5.57 Å². The van der Waals surface area contributed by atoms with Gasteiger partial charge in [0.25, 0.3) is 0 Å². The summed E-state index contributed by atoms with van der Waals surface area (Å²) in [7, 11) is 1.54. The van der Waals surface area contributed by atoms with Gasteiger partial charge in [0, 0.05) is 12.6 Å². The Morgan fingerprint density at radius 3 is 2.60 bits per heavy atom. The minimum atomic E-state index is -0.677. The minimum Gasteiger partial charge on any atom is -0.497 e. The molecule has 0 aliphatic carbocycles. The van der Waals surface area contributed by atoms with Crippen LogP contribution < -0.4 is 15.8 Å². The van der Waals surface area contributed by atoms with Crippen molar-refractivity contribution in [3.63, 3.8) is 0 Å². The van der Waals surface area contributed by atoms with Gasteiger partial charge in [0.15, 0.2) is 0 Å². The van der Waals surface area contributed by atoms with E-state index in [1.54, 1.807) is 39.0 Å². The van der Waals surface area contributed by atoms with Gasteiger partial charge in [-0.2, -0.15) is 0 Å². The second kappa shape index (κ2) is 7.04. The Morgan fingerprint density at radius 2 is 2.04 bits per heavy atom. The molecule has 0 spiro atoms. The number of hydrogen-bond donors (Lipinski definition) is 2. The van der Waals surface area contributed by atoms with Crippen LogP contribution in [-0.2, 0) is 9.53 Å². The number of rotatable bonds is 3. The highest BCUT2D eigenvalue weighted by molar-refractivity contribution is 5.99. The molecule has 1 fully saturated rings. The van der Waals surface area contributed by atoms with Crippen molar-refractivity contribution in [2.24, 2.45) is 0 Å². The smallest absolute Gasteiger partial charge is 0.411 e. The molecular weight excluding hydrogens is 322 g/mol. The van der Waals surface area contributed by atoms with Gasteiger partial charge in [-0.3, -0.25) is 9.69 Å². The van der Waals surface area contributed by atoms with Crippen molar-refractivity contribution in [3.05, 3.63) is 30.4 Å². The lowest BCUT2D eigenvalue weighted by molar-refractivity contribution is -0.120. The van der Waals surface area contributed by atoms with Gasteiger partial charge in [-0.25, -0.2) is 4.79 Å². The predicted molar refractivity (Wildman–Crippen MR) is 96.5 cm³/mol. The molecule has 0 unspecified atom stereocenters. The van der Waals surface area contributed by atoms with Crippen molar-refractivity contribution in [3.8, 4) is 5.75 Å². The maximum absolute atomic E-state index is 12.7. The molecule has 0 aromatic heterocycles. The van der Waals surface area contributed by atoms with Gasteiger partial charge in [-0.05, 0) is 39.3 Å². The lowest BCUT2D eigenvalue weighted by Crippen LogP contribution is -2.45. The minimum absolute atomic E-state index is 0.297. The summed E-state index contributed by atoms with van der Waals surface area (Å²) in [5.41, 5.74) is 6.94. The normalized spacial score (nSPS) is 17.4. The van der Waals surface area contributed by atoms with Gasteiger partial charge < -0.3 is 20.5 Å². The van der Waals surface area contributed by atoms with Crippen LogP contribution in [0.25, 0.3) is 0 Å². The molecule has 25 heavy (non-hydrogen) atoms. The predicted octanol–water partition coefficient (Wildman–Crippen LogP) is 2.78. The van der Waals surface area contributed by atoms with Gasteiger partial charge in [0.05, 0.1) is 18.5 Å². The Labute approximate surface area is 147 Å². The third-order valence-electron chi connectivity index (χ3n) is 3.70. The van der Waals surface area contributed by atoms with E-state index < -0.39 is 17.7 Å². The van der Waals surface area contributed by atoms with E-state index in [-0.39, 0.29) is 5.91 Å². The molecule has 0 radical (unpaired) electrons. The number of methoxy groups -OCH3 is 1. The zero-order valence-corrected chi connectivity index (χ0v) is 15.1. The van der Waals surface area contributed by atoms with E-state index >= 15 is 0 Å². The highest BCUT2D eigenvalue weighted by Crippen LogP contribution is 2.28. The van der Waals surface area contributed by atoms with Crippen molar-refractivity contribution < 1.29 is 19.1 Å². The molecule has 1 atom stereocenters. The van der Waals surface area contributed by atoms with Crippen molar-refractivity contribution in [2.45, 2.75) is 38.8 Å². The summed E-state index contributed by atoms with van der Waals surface area (Å²) in [5, 5.41) is 2.76. The highest BCUT2D eigenvalue weighted by Gasteiger charge is 2.38. The zero-order chi connectivity index (χ0) is 18.8. The Bertz CT molecular complexity index is 694. The maximum atomic E-state index is 12.7. The van der Waals surface area contributed by atoms with Crippen LogP contribution in [0.4, 0.5) is 16.2 Å². The lowest BCUT2D eigenvalue weighted by Gasteiger charge is -2.27. The molecular formula is C18H25N3O4. The topological polar surface area (TPSA) is 93.9 Å². The first kappa shape index (κ1) is 18.6. The van der Waals surface area contributed by atoms with Gasteiger partial charge in [-0.15, -0.1) is 0 Å². The van der Waals surface area contributed by atoms with Crippen LogP contribution in [0, 0.1) is 0 Å². The van der Waals surface area contributed by atoms with Crippen molar-refractivity contribution in [2.75, 3.05) is 24.7 Å². The largest absolute Gasteiger partial charge is 0.497 e. The number of hydrogen-bond acceptors (Lipinski definition) is 5. The Hall–Kier alpha value is -2.70. The van der Waals surface area contributed by atoms with E-state index in [0.29, 0.717) is 30.1 Å². The maximum Gasteiger partial charge on any atom is 0.411 e. The number of carbonyl (C=O) groups is 2. The fourth-order valence-electron chi connectivity index (χ4n) is 2.54. The lowest BCUT2D eigenvalue weighted by atomic mass is 10.1. The van der Waals surface area contributed by atoms with Crippen molar-refractivity contribution in [1.29, 1.82) is 0 Å². The first-order valence-electron chi connectivity index (χ1n) is 8.01.